The molecule has 9 heavy (non-hydrogen) atoms. The van der Waals surface area contributed by atoms with Crippen LogP contribution in [0.15, 0.2) is 0 Å². The summed E-state index contributed by atoms with van der Waals surface area (Å²) in [5, 5.41) is 0. The molecule has 0 amide bonds. The molecule has 0 unspecified atom stereocenters. The van der Waals surface area contributed by atoms with Crippen LogP contribution in [0.4, 0.5) is 0 Å². The van der Waals surface area contributed by atoms with E-state index >= 15 is 0 Å². The van der Waals surface area contributed by atoms with Gasteiger partial charge in [0.1, 0.15) is 0 Å². The van der Waals surface area contributed by atoms with Crippen LogP contribution in [-0.2, 0) is 72.1 Å². The molecule has 44 valence electrons. The summed E-state index contributed by atoms with van der Waals surface area (Å²) in [7, 11) is 0. The third-order valence-corrected chi connectivity index (χ3v) is 0. The zero-order valence-corrected chi connectivity index (χ0v) is 7.33. The van der Waals surface area contributed by atoms with E-state index in [0.29, 0.717) is 0 Å². The molecule has 0 fully saturated rings. The van der Waals surface area contributed by atoms with Crippen molar-refractivity contribution in [1.82, 2.24) is 0 Å². The van der Waals surface area contributed by atoms with Crippen molar-refractivity contribution in [2.45, 2.75) is 0 Å². The molecule has 0 radical (unpaired) electrons. The van der Waals surface area contributed by atoms with Gasteiger partial charge in [0.2, 0.25) is 0 Å². The molecule has 0 aromatic rings. The van der Waals surface area contributed by atoms with Crippen LogP contribution >= 0.6 is 0 Å². The van der Waals surface area contributed by atoms with E-state index in [0.717, 1.165) is 0 Å². The topological polar surface area (TPSA) is 142 Å². The van der Waals surface area contributed by atoms with Crippen LogP contribution in [0.2, 0.25) is 0 Å². The molecule has 0 rings (SSSR count). The van der Waals surface area contributed by atoms with Crippen LogP contribution in [0.5, 0.6) is 0 Å². The van der Waals surface area contributed by atoms with E-state index < -0.39 is 0 Å². The fourth-order valence-electron chi connectivity index (χ4n) is 0. The van der Waals surface area contributed by atoms with Crippen molar-refractivity contribution in [3.8, 4) is 0 Å². The molecule has 0 saturated carbocycles. The summed E-state index contributed by atoms with van der Waals surface area (Å²) in [6, 6.07) is 0. The molecule has 5 nitrogen and oxygen atoms in total. The molecule has 0 atom stereocenters. The maximum absolute atomic E-state index is 0. The third kappa shape index (κ3) is 123. The monoisotopic (exact) mass is 282 g/mol. The molecule has 0 aliphatic rings. The number of rotatable bonds is 0. The van der Waals surface area contributed by atoms with Crippen LogP contribution < -0.4 is 0 Å². The van der Waals surface area contributed by atoms with Gasteiger partial charge in [-0.1, -0.05) is 0 Å². The average Bonchev–Trinajstić information content (AvgIpc) is 0. The molecule has 0 aliphatic carbocycles. The molecular formula is H2Li2Nb2O5. The van der Waals surface area contributed by atoms with Crippen molar-refractivity contribution in [3.05, 3.63) is 0 Å². The summed E-state index contributed by atoms with van der Waals surface area (Å²) in [5.74, 6) is 0. The zero-order valence-electron chi connectivity index (χ0n) is 2.94. The van der Waals surface area contributed by atoms with Gasteiger partial charge in [-0.15, -0.1) is 0 Å². The zero-order chi connectivity index (χ0) is 0. The summed E-state index contributed by atoms with van der Waals surface area (Å²) in [5.41, 5.74) is 0. The molecule has 9 heteroatoms. The Balaban J connectivity index is 0. The van der Waals surface area contributed by atoms with Crippen molar-refractivity contribution < 1.29 is 72.1 Å². The normalized spacial score (nSPS) is 0. The van der Waals surface area contributed by atoms with E-state index in [9.17, 15) is 0 Å². The quantitative estimate of drug-likeness (QED) is 0.457. The molecule has 0 aromatic carbocycles. The van der Waals surface area contributed by atoms with E-state index in [1.54, 1.807) is 0 Å². The molecule has 0 bridgehead atoms. The second-order valence-electron chi connectivity index (χ2n) is 0. The van der Waals surface area contributed by atoms with E-state index in [1.807, 2.05) is 0 Å². The van der Waals surface area contributed by atoms with Gasteiger partial charge >= 0.3 is 82.5 Å². The van der Waals surface area contributed by atoms with E-state index in [4.69, 9.17) is 0 Å². The van der Waals surface area contributed by atoms with Gasteiger partial charge in [0.25, 0.3) is 0 Å². The first kappa shape index (κ1) is 206. The molecule has 0 aliphatic heterocycles. The van der Waals surface area contributed by atoms with Crippen molar-refractivity contribution >= 4 is 37.7 Å². The minimum atomic E-state index is 0. The average molecular weight is 282 g/mol. The van der Waals surface area contributed by atoms with Crippen LogP contribution in [0.1, 0.15) is 0 Å². The first-order chi connectivity index (χ1) is 0. The summed E-state index contributed by atoms with van der Waals surface area (Å²) in [4.78, 5) is 0. The summed E-state index contributed by atoms with van der Waals surface area (Å²) < 4.78 is 0. The van der Waals surface area contributed by atoms with E-state index in [1.165, 1.54) is 0 Å². The van der Waals surface area contributed by atoms with Gasteiger partial charge in [0.05, 0.1) is 0 Å². The molecule has 0 N–H and O–H groups in total. The molecule has 0 heterocycles. The predicted octanol–water partition coefficient (Wildman–Crippen LogP) is -1.90. The summed E-state index contributed by atoms with van der Waals surface area (Å²) in [6.07, 6.45) is 0. The third-order valence-electron chi connectivity index (χ3n) is 0. The Bertz CT molecular complexity index is 12.9. The second-order valence-corrected chi connectivity index (χ2v) is 0. The van der Waals surface area contributed by atoms with Crippen molar-refractivity contribution in [2.24, 2.45) is 0 Å². The van der Waals surface area contributed by atoms with Crippen molar-refractivity contribution in [2.75, 3.05) is 0 Å². The van der Waals surface area contributed by atoms with Gasteiger partial charge < -0.3 is 27.4 Å². The Kier molecular flexibility index (Phi) is 3500. The minimum Gasteiger partial charge on any atom is -2.00 e. The van der Waals surface area contributed by atoms with Gasteiger partial charge in [-0.2, -0.15) is 0 Å². The predicted molar refractivity (Wildman–Crippen MR) is 17.7 cm³/mol. The Morgan fingerprint density at radius 1 is 0.333 bits per heavy atom. The van der Waals surface area contributed by atoms with Gasteiger partial charge in [0, 0.05) is 0 Å². The Labute approximate surface area is 109 Å². The fourth-order valence-corrected chi connectivity index (χ4v) is 0. The summed E-state index contributed by atoms with van der Waals surface area (Å²) in [6.45, 7) is 0. The maximum atomic E-state index is 0. The van der Waals surface area contributed by atoms with Gasteiger partial charge in [0.15, 0.2) is 0 Å². The molecule has 0 spiro atoms. The Hall–Kier alpha value is 2.48. The Morgan fingerprint density at radius 2 is 0.333 bits per heavy atom. The minimum absolute atomic E-state index is 0. The first-order valence-corrected chi connectivity index (χ1v) is 0. The van der Waals surface area contributed by atoms with Crippen LogP contribution in [0, 0.1) is 0 Å². The van der Waals surface area contributed by atoms with Gasteiger partial charge in [-0.3, -0.25) is 0 Å². The summed E-state index contributed by atoms with van der Waals surface area (Å²) >= 11 is 0. The Morgan fingerprint density at radius 3 is 0.333 bits per heavy atom. The molecule has 0 aromatic heterocycles. The van der Waals surface area contributed by atoms with E-state index in [2.05, 4.69) is 0 Å². The van der Waals surface area contributed by atoms with Crippen molar-refractivity contribution in [1.29, 1.82) is 0 Å². The van der Waals surface area contributed by atoms with Crippen LogP contribution in [0.25, 0.3) is 0 Å². The van der Waals surface area contributed by atoms with Gasteiger partial charge in [-0.05, 0) is 0 Å². The smallest absolute Gasteiger partial charge is 2.00 e. The van der Waals surface area contributed by atoms with E-state index in [-0.39, 0.29) is 110 Å². The van der Waals surface area contributed by atoms with Crippen molar-refractivity contribution in [3.63, 3.8) is 0 Å². The molecule has 0 saturated heterocycles. The standard InChI is InChI=1S/2Li.2Nb.5O.2H/q;;2*+5;5*-2;;. The molecular weight excluding hydrogens is 280 g/mol. The largest absolute Gasteiger partial charge is 5.00 e. The number of hydrogen-bond acceptors (Lipinski definition) is 0. The second kappa shape index (κ2) is 153. The van der Waals surface area contributed by atoms with Gasteiger partial charge in [-0.25, -0.2) is 0 Å². The SMILES string of the molecule is [LiH].[LiH].[Nb+5].[Nb+5].[O-2].[O-2].[O-2].[O-2].[O-2]. The number of hydrogen-bond donors (Lipinski definition) is 0. The fraction of sp³-hybridized carbons (Fsp3) is 0. The first-order valence-electron chi connectivity index (χ1n) is 0. The van der Waals surface area contributed by atoms with Crippen LogP contribution in [0.3, 0.4) is 0 Å². The maximum Gasteiger partial charge on any atom is 5.00 e. The van der Waals surface area contributed by atoms with Crippen LogP contribution in [-0.4, -0.2) is 37.7 Å².